The average Bonchev–Trinajstić information content (AvgIpc) is 3.58. The second kappa shape index (κ2) is 9.07. The van der Waals surface area contributed by atoms with Gasteiger partial charge in [-0.2, -0.15) is 0 Å². The number of hydrogen-bond donors (Lipinski definition) is 1. The Morgan fingerprint density at radius 3 is 2.55 bits per heavy atom. The van der Waals surface area contributed by atoms with Gasteiger partial charge in [-0.1, -0.05) is 30.3 Å². The Labute approximate surface area is 195 Å². The van der Waals surface area contributed by atoms with Gasteiger partial charge in [-0.15, -0.1) is 11.3 Å². The lowest BCUT2D eigenvalue weighted by Gasteiger charge is -2.18. The van der Waals surface area contributed by atoms with Crippen LogP contribution in [0.2, 0.25) is 0 Å². The molecule has 0 spiro atoms. The quantitative estimate of drug-likeness (QED) is 0.432. The van der Waals surface area contributed by atoms with Crippen molar-refractivity contribution >= 4 is 33.1 Å². The predicted octanol–water partition coefficient (Wildman–Crippen LogP) is 4.57. The molecule has 4 atom stereocenters. The molecule has 2 aromatic heterocycles. The van der Waals surface area contributed by atoms with Crippen molar-refractivity contribution in [1.82, 2.24) is 9.97 Å². The van der Waals surface area contributed by atoms with E-state index in [-0.39, 0.29) is 24.4 Å². The average molecular weight is 462 g/mol. The van der Waals surface area contributed by atoms with Gasteiger partial charge in [0.2, 0.25) is 0 Å². The number of anilines is 2. The number of ether oxygens (including phenoxy) is 4. The first kappa shape index (κ1) is 20.6. The first-order valence-electron chi connectivity index (χ1n) is 10.9. The van der Waals surface area contributed by atoms with Crippen LogP contribution in [0, 0.1) is 0 Å². The van der Waals surface area contributed by atoms with Crippen molar-refractivity contribution in [3.05, 3.63) is 77.9 Å². The molecule has 0 radical (unpaired) electrons. The van der Waals surface area contributed by atoms with Crippen molar-refractivity contribution in [2.75, 3.05) is 18.5 Å². The Hall–Kier alpha value is -3.04. The Bertz CT molecular complexity index is 1220. The highest BCUT2D eigenvalue weighted by Gasteiger charge is 2.49. The summed E-state index contributed by atoms with van der Waals surface area (Å²) in [4.78, 5) is 8.65. The zero-order valence-electron chi connectivity index (χ0n) is 17.8. The number of hydrogen-bond acceptors (Lipinski definition) is 8. The smallest absolute Gasteiger partial charge is 0.151 e. The highest BCUT2D eigenvalue weighted by molar-refractivity contribution is 7.17. The molecule has 4 aromatic rings. The number of benzene rings is 2. The third kappa shape index (κ3) is 4.30. The molecule has 2 aliphatic rings. The van der Waals surface area contributed by atoms with Gasteiger partial charge < -0.3 is 24.3 Å². The van der Waals surface area contributed by atoms with Crippen LogP contribution >= 0.6 is 11.3 Å². The van der Waals surface area contributed by atoms with Crippen LogP contribution < -0.4 is 10.1 Å². The monoisotopic (exact) mass is 461 g/mol. The largest absolute Gasteiger partial charge is 0.485 e. The first-order valence-corrected chi connectivity index (χ1v) is 11.8. The molecule has 2 fully saturated rings. The van der Waals surface area contributed by atoms with E-state index in [1.54, 1.807) is 17.7 Å². The third-order valence-electron chi connectivity index (χ3n) is 5.92. The minimum absolute atomic E-state index is 0.0858. The van der Waals surface area contributed by atoms with Crippen molar-refractivity contribution in [2.24, 2.45) is 0 Å². The Balaban J connectivity index is 1.06. The molecule has 0 amide bonds. The third-order valence-corrected chi connectivity index (χ3v) is 6.83. The van der Waals surface area contributed by atoms with Crippen LogP contribution in [-0.4, -0.2) is 47.6 Å². The van der Waals surface area contributed by atoms with E-state index in [1.165, 1.54) is 0 Å². The SMILES string of the molecule is c1ccc(CO[C@H]2CO[C@H]3[C@@H]2OC[C@@H]3Oc2ccc(Nc3ncnc4ccsc34)cc2)cc1. The Kier molecular flexibility index (Phi) is 5.65. The molecular weight excluding hydrogens is 438 g/mol. The van der Waals surface area contributed by atoms with E-state index in [4.69, 9.17) is 18.9 Å². The van der Waals surface area contributed by atoms with Gasteiger partial charge in [-0.25, -0.2) is 9.97 Å². The van der Waals surface area contributed by atoms with Gasteiger partial charge in [0.05, 0.1) is 30.0 Å². The Morgan fingerprint density at radius 1 is 0.909 bits per heavy atom. The van der Waals surface area contributed by atoms with Crippen molar-refractivity contribution in [3.8, 4) is 5.75 Å². The minimum Gasteiger partial charge on any atom is -0.485 e. The molecule has 8 heteroatoms. The molecule has 33 heavy (non-hydrogen) atoms. The second-order valence-electron chi connectivity index (χ2n) is 8.09. The standard InChI is InChI=1S/C25H23N3O4S/c1-2-4-16(5-3-1)12-29-20-13-30-23-21(14-31-22(20)23)32-18-8-6-17(7-9-18)28-25-24-19(10-11-33-24)26-15-27-25/h1-11,15,20-23H,12-14H2,(H,26,27,28)/t20-,21-,22+,23+/m0/s1. The number of fused-ring (bicyclic) bond motifs is 2. The van der Waals surface area contributed by atoms with E-state index >= 15 is 0 Å². The maximum Gasteiger partial charge on any atom is 0.151 e. The zero-order chi connectivity index (χ0) is 22.0. The molecule has 0 unspecified atom stereocenters. The topological polar surface area (TPSA) is 74.7 Å². The summed E-state index contributed by atoms with van der Waals surface area (Å²) in [6, 6.07) is 20.0. The number of nitrogens with zero attached hydrogens (tertiary/aromatic N) is 2. The van der Waals surface area contributed by atoms with Crippen LogP contribution in [0.1, 0.15) is 5.56 Å². The van der Waals surface area contributed by atoms with E-state index in [2.05, 4.69) is 27.4 Å². The molecule has 2 saturated heterocycles. The lowest BCUT2D eigenvalue weighted by molar-refractivity contribution is -0.0425. The van der Waals surface area contributed by atoms with Crippen molar-refractivity contribution in [2.45, 2.75) is 31.0 Å². The van der Waals surface area contributed by atoms with Crippen LogP contribution in [0.4, 0.5) is 11.5 Å². The highest BCUT2D eigenvalue weighted by atomic mass is 32.1. The maximum absolute atomic E-state index is 6.21. The summed E-state index contributed by atoms with van der Waals surface area (Å²) in [6.45, 7) is 1.55. The summed E-state index contributed by atoms with van der Waals surface area (Å²) in [7, 11) is 0. The molecular formula is C25H23N3O4S. The van der Waals surface area contributed by atoms with Crippen LogP contribution in [0.25, 0.3) is 10.2 Å². The number of nitrogens with one attached hydrogen (secondary N) is 1. The van der Waals surface area contributed by atoms with Crippen molar-refractivity contribution in [1.29, 1.82) is 0 Å². The fraction of sp³-hybridized carbons (Fsp3) is 0.280. The summed E-state index contributed by atoms with van der Waals surface area (Å²) in [5, 5.41) is 5.38. The lowest BCUT2D eigenvalue weighted by atomic mass is 10.1. The van der Waals surface area contributed by atoms with Crippen LogP contribution in [0.15, 0.2) is 72.4 Å². The highest BCUT2D eigenvalue weighted by Crippen LogP contribution is 2.33. The molecule has 0 aliphatic carbocycles. The van der Waals surface area contributed by atoms with E-state index in [0.29, 0.717) is 19.8 Å². The molecule has 7 nitrogen and oxygen atoms in total. The van der Waals surface area contributed by atoms with E-state index < -0.39 is 0 Å². The molecule has 2 aliphatic heterocycles. The molecule has 4 heterocycles. The number of aromatic nitrogens is 2. The summed E-state index contributed by atoms with van der Waals surface area (Å²) >= 11 is 1.62. The first-order chi connectivity index (χ1) is 16.3. The predicted molar refractivity (Wildman–Crippen MR) is 126 cm³/mol. The van der Waals surface area contributed by atoms with Gasteiger partial charge in [0, 0.05) is 5.69 Å². The molecule has 2 aromatic carbocycles. The number of thiophene rings is 1. The Morgan fingerprint density at radius 2 is 1.70 bits per heavy atom. The number of rotatable bonds is 7. The molecule has 1 N–H and O–H groups in total. The molecule has 168 valence electrons. The van der Waals surface area contributed by atoms with E-state index in [0.717, 1.165) is 33.0 Å². The summed E-state index contributed by atoms with van der Waals surface area (Å²) < 4.78 is 25.3. The lowest BCUT2D eigenvalue weighted by Crippen LogP contribution is -2.35. The summed E-state index contributed by atoms with van der Waals surface area (Å²) in [5.41, 5.74) is 3.01. The summed E-state index contributed by atoms with van der Waals surface area (Å²) in [5.74, 6) is 1.58. The fourth-order valence-corrected chi connectivity index (χ4v) is 5.05. The van der Waals surface area contributed by atoms with Gasteiger partial charge in [-0.05, 0) is 41.3 Å². The van der Waals surface area contributed by atoms with Crippen LogP contribution in [0.5, 0.6) is 5.75 Å². The maximum atomic E-state index is 6.21. The molecule has 0 saturated carbocycles. The van der Waals surface area contributed by atoms with Gasteiger partial charge in [-0.3, -0.25) is 0 Å². The van der Waals surface area contributed by atoms with Gasteiger partial charge in [0.1, 0.15) is 30.4 Å². The van der Waals surface area contributed by atoms with E-state index in [9.17, 15) is 0 Å². The summed E-state index contributed by atoms with van der Waals surface area (Å²) in [6.07, 6.45) is 1.09. The normalized spacial score (nSPS) is 24.1. The molecule has 0 bridgehead atoms. The van der Waals surface area contributed by atoms with Crippen molar-refractivity contribution < 1.29 is 18.9 Å². The van der Waals surface area contributed by atoms with Gasteiger partial charge >= 0.3 is 0 Å². The van der Waals surface area contributed by atoms with Crippen LogP contribution in [0.3, 0.4) is 0 Å². The zero-order valence-corrected chi connectivity index (χ0v) is 18.6. The van der Waals surface area contributed by atoms with Crippen LogP contribution in [-0.2, 0) is 20.8 Å². The van der Waals surface area contributed by atoms with Gasteiger partial charge in [0.25, 0.3) is 0 Å². The van der Waals surface area contributed by atoms with Crippen molar-refractivity contribution in [3.63, 3.8) is 0 Å². The van der Waals surface area contributed by atoms with Gasteiger partial charge in [0.15, 0.2) is 11.9 Å². The minimum atomic E-state index is -0.160. The molecule has 6 rings (SSSR count). The fourth-order valence-electron chi connectivity index (χ4n) is 4.26. The second-order valence-corrected chi connectivity index (χ2v) is 9.01. The van der Waals surface area contributed by atoms with E-state index in [1.807, 2.05) is 53.9 Å².